The summed E-state index contributed by atoms with van der Waals surface area (Å²) in [7, 11) is 1.97. The molecule has 0 fully saturated rings. The van der Waals surface area contributed by atoms with Crippen LogP contribution in [0.15, 0.2) is 22.7 Å². The lowest BCUT2D eigenvalue weighted by molar-refractivity contribution is -0.148. The van der Waals surface area contributed by atoms with Crippen molar-refractivity contribution in [3.05, 3.63) is 28.2 Å². The second-order valence-electron chi connectivity index (χ2n) is 5.13. The zero-order valence-corrected chi connectivity index (χ0v) is 11.8. The number of likely N-dealkylation sites (N-methyl/N-ethyl adjacent to an activating group) is 1. The van der Waals surface area contributed by atoms with Gasteiger partial charge in [0, 0.05) is 23.2 Å². The molecule has 0 aromatic heterocycles. The van der Waals surface area contributed by atoms with E-state index in [9.17, 15) is 9.90 Å². The highest BCUT2D eigenvalue weighted by Gasteiger charge is 2.43. The molecule has 1 heterocycles. The van der Waals surface area contributed by atoms with Crippen LogP contribution in [0.5, 0.6) is 0 Å². The average molecular weight is 298 g/mol. The van der Waals surface area contributed by atoms with Crippen molar-refractivity contribution in [2.45, 2.75) is 26.3 Å². The number of hydrogen-bond acceptors (Lipinski definition) is 2. The average Bonchev–Trinajstić information content (AvgIpc) is 2.55. The quantitative estimate of drug-likeness (QED) is 0.912. The fourth-order valence-electron chi connectivity index (χ4n) is 2.46. The molecule has 1 unspecified atom stereocenters. The predicted molar refractivity (Wildman–Crippen MR) is 71.5 cm³/mol. The Hall–Kier alpha value is -1.03. The number of fused-ring (bicyclic) bond motifs is 1. The molecule has 1 aliphatic heterocycles. The molecule has 0 saturated carbocycles. The number of rotatable bonds is 2. The third kappa shape index (κ3) is 1.95. The monoisotopic (exact) mass is 297 g/mol. The summed E-state index contributed by atoms with van der Waals surface area (Å²) >= 11 is 3.45. The van der Waals surface area contributed by atoms with E-state index < -0.39 is 11.4 Å². The molecule has 1 aliphatic rings. The van der Waals surface area contributed by atoms with E-state index in [0.29, 0.717) is 0 Å². The molecule has 0 aliphatic carbocycles. The lowest BCUT2D eigenvalue weighted by Crippen LogP contribution is -2.46. The van der Waals surface area contributed by atoms with E-state index in [1.807, 2.05) is 19.2 Å². The van der Waals surface area contributed by atoms with Crippen LogP contribution in [0.1, 0.15) is 19.4 Å². The van der Waals surface area contributed by atoms with Gasteiger partial charge in [-0.25, -0.2) is 0 Å². The number of carbonyl (C=O) groups is 1. The minimum atomic E-state index is -0.750. The van der Waals surface area contributed by atoms with Gasteiger partial charge in [-0.1, -0.05) is 15.9 Å². The van der Waals surface area contributed by atoms with Gasteiger partial charge in [0.25, 0.3) is 0 Å². The van der Waals surface area contributed by atoms with Crippen LogP contribution in [0.4, 0.5) is 5.69 Å². The van der Waals surface area contributed by atoms with Crippen molar-refractivity contribution in [3.63, 3.8) is 0 Å². The summed E-state index contributed by atoms with van der Waals surface area (Å²) in [6.45, 7) is 3.58. The molecule has 0 spiro atoms. The summed E-state index contributed by atoms with van der Waals surface area (Å²) in [4.78, 5) is 13.4. The molecule has 1 aromatic carbocycles. The molecule has 0 saturated heterocycles. The highest BCUT2D eigenvalue weighted by molar-refractivity contribution is 9.10. The molecule has 0 amide bonds. The van der Waals surface area contributed by atoms with Gasteiger partial charge in [-0.15, -0.1) is 0 Å². The molecule has 1 N–H and O–H groups in total. The van der Waals surface area contributed by atoms with E-state index in [1.165, 1.54) is 5.56 Å². The summed E-state index contributed by atoms with van der Waals surface area (Å²) in [5, 5.41) is 9.32. The molecule has 3 nitrogen and oxygen atoms in total. The molecule has 0 bridgehead atoms. The van der Waals surface area contributed by atoms with Gasteiger partial charge < -0.3 is 10.0 Å². The maximum absolute atomic E-state index is 11.3. The van der Waals surface area contributed by atoms with Crippen molar-refractivity contribution in [1.82, 2.24) is 0 Å². The van der Waals surface area contributed by atoms with Crippen molar-refractivity contribution in [2.24, 2.45) is 5.41 Å². The van der Waals surface area contributed by atoms with Crippen molar-refractivity contribution in [2.75, 3.05) is 11.9 Å². The SMILES string of the molecule is CN1c2ccc(Br)cc2CC1C(C)(C)C(=O)O. The highest BCUT2D eigenvalue weighted by atomic mass is 79.9. The first-order chi connectivity index (χ1) is 7.84. The Bertz CT molecular complexity index is 470. The number of carboxylic acids is 1. The van der Waals surface area contributed by atoms with Crippen LogP contribution in [0.3, 0.4) is 0 Å². The number of anilines is 1. The smallest absolute Gasteiger partial charge is 0.311 e. The normalized spacial score (nSPS) is 19.3. The number of halogens is 1. The van der Waals surface area contributed by atoms with E-state index in [1.54, 1.807) is 13.8 Å². The topological polar surface area (TPSA) is 40.5 Å². The Kier molecular flexibility index (Phi) is 2.94. The fourth-order valence-corrected chi connectivity index (χ4v) is 2.87. The van der Waals surface area contributed by atoms with Gasteiger partial charge >= 0.3 is 5.97 Å². The first-order valence-corrected chi connectivity index (χ1v) is 6.38. The third-order valence-corrected chi connectivity index (χ3v) is 4.18. The fraction of sp³-hybridized carbons (Fsp3) is 0.462. The molecular formula is C13H16BrNO2. The second kappa shape index (κ2) is 4.02. The summed E-state index contributed by atoms with van der Waals surface area (Å²) in [6.07, 6.45) is 0.782. The van der Waals surface area contributed by atoms with Crippen LogP contribution >= 0.6 is 15.9 Å². The molecule has 0 radical (unpaired) electrons. The molecule has 92 valence electrons. The Labute approximate surface area is 110 Å². The lowest BCUT2D eigenvalue weighted by atomic mass is 9.82. The summed E-state index contributed by atoms with van der Waals surface area (Å²) in [5.74, 6) is -0.749. The molecule has 1 atom stereocenters. The van der Waals surface area contributed by atoms with Gasteiger partial charge in [-0.2, -0.15) is 0 Å². The van der Waals surface area contributed by atoms with Gasteiger partial charge in [0.1, 0.15) is 0 Å². The van der Waals surface area contributed by atoms with Crippen molar-refractivity contribution in [1.29, 1.82) is 0 Å². The summed E-state index contributed by atoms with van der Waals surface area (Å²) < 4.78 is 1.04. The van der Waals surface area contributed by atoms with Gasteiger partial charge in [-0.05, 0) is 44.0 Å². The standard InChI is InChI=1S/C13H16BrNO2/c1-13(2,12(16)17)11-7-8-6-9(14)4-5-10(8)15(11)3/h4-6,11H,7H2,1-3H3,(H,16,17). The zero-order valence-electron chi connectivity index (χ0n) is 10.2. The van der Waals surface area contributed by atoms with Crippen LogP contribution < -0.4 is 4.90 Å². The number of carboxylic acid groups (broad SMARTS) is 1. The maximum Gasteiger partial charge on any atom is 0.311 e. The minimum absolute atomic E-state index is 0.00398. The third-order valence-electron chi connectivity index (χ3n) is 3.69. The summed E-state index contributed by atoms with van der Waals surface area (Å²) in [5.41, 5.74) is 1.59. The number of nitrogens with zero attached hydrogens (tertiary/aromatic N) is 1. The Morgan fingerprint density at radius 3 is 2.76 bits per heavy atom. The van der Waals surface area contributed by atoms with Gasteiger partial charge in [0.05, 0.1) is 5.41 Å². The van der Waals surface area contributed by atoms with Crippen molar-refractivity contribution < 1.29 is 9.90 Å². The predicted octanol–water partition coefficient (Wildman–Crippen LogP) is 2.92. The van der Waals surface area contributed by atoms with Crippen LogP contribution in [0.2, 0.25) is 0 Å². The van der Waals surface area contributed by atoms with Crippen LogP contribution in [-0.4, -0.2) is 24.2 Å². The van der Waals surface area contributed by atoms with Gasteiger partial charge in [0.15, 0.2) is 0 Å². The molecule has 4 heteroatoms. The largest absolute Gasteiger partial charge is 0.481 e. The number of aliphatic carboxylic acids is 1. The van der Waals surface area contributed by atoms with Crippen LogP contribution in [0, 0.1) is 5.41 Å². The van der Waals surface area contributed by atoms with E-state index in [4.69, 9.17) is 0 Å². The molecule has 2 rings (SSSR count). The Balaban J connectivity index is 2.37. The first kappa shape index (κ1) is 12.4. The van der Waals surface area contributed by atoms with Gasteiger partial charge in [-0.3, -0.25) is 4.79 Å². The van der Waals surface area contributed by atoms with E-state index in [2.05, 4.69) is 26.9 Å². The maximum atomic E-state index is 11.3. The molecule has 17 heavy (non-hydrogen) atoms. The van der Waals surface area contributed by atoms with Crippen molar-refractivity contribution >= 4 is 27.6 Å². The summed E-state index contributed by atoms with van der Waals surface area (Å²) in [6, 6.07) is 6.11. The van der Waals surface area contributed by atoms with Crippen LogP contribution in [-0.2, 0) is 11.2 Å². The van der Waals surface area contributed by atoms with E-state index >= 15 is 0 Å². The molecular weight excluding hydrogens is 282 g/mol. The molecule has 1 aromatic rings. The minimum Gasteiger partial charge on any atom is -0.481 e. The Morgan fingerprint density at radius 2 is 2.18 bits per heavy atom. The van der Waals surface area contributed by atoms with Crippen LogP contribution in [0.25, 0.3) is 0 Å². The van der Waals surface area contributed by atoms with E-state index in [-0.39, 0.29) is 6.04 Å². The second-order valence-corrected chi connectivity index (χ2v) is 6.05. The lowest BCUT2D eigenvalue weighted by Gasteiger charge is -2.33. The van der Waals surface area contributed by atoms with Crippen molar-refractivity contribution in [3.8, 4) is 0 Å². The number of benzene rings is 1. The number of hydrogen-bond donors (Lipinski definition) is 1. The van der Waals surface area contributed by atoms with Gasteiger partial charge in [0.2, 0.25) is 0 Å². The first-order valence-electron chi connectivity index (χ1n) is 5.58. The Morgan fingerprint density at radius 1 is 1.53 bits per heavy atom. The van der Waals surface area contributed by atoms with E-state index in [0.717, 1.165) is 16.6 Å². The highest BCUT2D eigenvalue weighted by Crippen LogP contribution is 2.40. The zero-order chi connectivity index (χ0) is 12.8.